The lowest BCUT2D eigenvalue weighted by Crippen LogP contribution is -2.31. The highest BCUT2D eigenvalue weighted by Crippen LogP contribution is 2.23. The smallest absolute Gasteiger partial charge is 0.185 e. The van der Waals surface area contributed by atoms with Crippen molar-refractivity contribution in [3.8, 4) is 0 Å². The Balaban J connectivity index is 1.95. The van der Waals surface area contributed by atoms with E-state index >= 15 is 0 Å². The van der Waals surface area contributed by atoms with Crippen LogP contribution in [0.5, 0.6) is 0 Å². The normalized spacial score (nSPS) is 19.8. The standard InChI is InChI=1S/C12H21N3OS/c1-3-15(8-11-5-4-6-16-11)12-14-10(7-13-2)9-17-12/h9,11,13H,3-8H2,1-2H3. The molecule has 1 unspecified atom stereocenters. The third-order valence-corrected chi connectivity index (χ3v) is 3.95. The lowest BCUT2D eigenvalue weighted by atomic mass is 10.2. The van der Waals surface area contributed by atoms with E-state index in [-0.39, 0.29) is 0 Å². The van der Waals surface area contributed by atoms with Crippen molar-refractivity contribution in [1.82, 2.24) is 10.3 Å². The summed E-state index contributed by atoms with van der Waals surface area (Å²) in [4.78, 5) is 6.96. The fourth-order valence-corrected chi connectivity index (χ4v) is 2.98. The average molecular weight is 255 g/mol. The summed E-state index contributed by atoms with van der Waals surface area (Å²) in [5.41, 5.74) is 1.12. The molecule has 1 aliphatic heterocycles. The first-order valence-electron chi connectivity index (χ1n) is 6.29. The van der Waals surface area contributed by atoms with Crippen LogP contribution in [0.15, 0.2) is 5.38 Å². The molecule has 0 spiro atoms. The number of hydrogen-bond acceptors (Lipinski definition) is 5. The maximum atomic E-state index is 5.68. The Morgan fingerprint density at radius 2 is 2.53 bits per heavy atom. The number of nitrogens with zero attached hydrogens (tertiary/aromatic N) is 2. The first-order valence-corrected chi connectivity index (χ1v) is 7.17. The summed E-state index contributed by atoms with van der Waals surface area (Å²) in [7, 11) is 1.95. The Bertz CT molecular complexity index is 336. The van der Waals surface area contributed by atoms with E-state index in [2.05, 4.69) is 27.5 Å². The number of rotatable bonds is 6. The molecule has 0 saturated carbocycles. The molecule has 2 rings (SSSR count). The molecular formula is C12H21N3OS. The van der Waals surface area contributed by atoms with Crippen LogP contribution in [0.3, 0.4) is 0 Å². The SMILES string of the molecule is CCN(CC1CCCO1)c1nc(CNC)cs1. The van der Waals surface area contributed by atoms with Gasteiger partial charge in [0.1, 0.15) is 0 Å². The summed E-state index contributed by atoms with van der Waals surface area (Å²) in [5, 5.41) is 6.38. The third-order valence-electron chi connectivity index (χ3n) is 3.00. The van der Waals surface area contributed by atoms with Gasteiger partial charge in [-0.2, -0.15) is 0 Å². The molecule has 2 heterocycles. The van der Waals surface area contributed by atoms with Gasteiger partial charge in [0.15, 0.2) is 5.13 Å². The molecule has 1 aromatic heterocycles. The molecule has 1 aromatic rings. The number of thiazole rings is 1. The summed E-state index contributed by atoms with van der Waals surface area (Å²) < 4.78 is 5.68. The Hall–Kier alpha value is -0.650. The van der Waals surface area contributed by atoms with Gasteiger partial charge in [-0.05, 0) is 26.8 Å². The highest BCUT2D eigenvalue weighted by atomic mass is 32.1. The minimum absolute atomic E-state index is 0.395. The van der Waals surface area contributed by atoms with Crippen LogP contribution in [0.25, 0.3) is 0 Å². The van der Waals surface area contributed by atoms with Gasteiger partial charge >= 0.3 is 0 Å². The van der Waals surface area contributed by atoms with Gasteiger partial charge in [0, 0.05) is 31.6 Å². The first-order chi connectivity index (χ1) is 8.33. The van der Waals surface area contributed by atoms with Crippen LogP contribution in [-0.2, 0) is 11.3 Å². The highest BCUT2D eigenvalue weighted by Gasteiger charge is 2.20. The van der Waals surface area contributed by atoms with E-state index in [1.54, 1.807) is 11.3 Å². The van der Waals surface area contributed by atoms with Crippen LogP contribution in [0.4, 0.5) is 5.13 Å². The molecule has 5 heteroatoms. The van der Waals surface area contributed by atoms with Crippen LogP contribution < -0.4 is 10.2 Å². The first kappa shape index (κ1) is 12.8. The molecule has 1 N–H and O–H groups in total. The molecule has 17 heavy (non-hydrogen) atoms. The lowest BCUT2D eigenvalue weighted by Gasteiger charge is -2.23. The highest BCUT2D eigenvalue weighted by molar-refractivity contribution is 7.13. The second-order valence-corrected chi connectivity index (χ2v) is 5.16. The lowest BCUT2D eigenvalue weighted by molar-refractivity contribution is 0.115. The number of ether oxygens (including phenoxy) is 1. The summed E-state index contributed by atoms with van der Waals surface area (Å²) in [6.07, 6.45) is 2.78. The van der Waals surface area contributed by atoms with Crippen LogP contribution in [0.2, 0.25) is 0 Å². The quantitative estimate of drug-likeness (QED) is 0.842. The molecule has 1 atom stereocenters. The summed E-state index contributed by atoms with van der Waals surface area (Å²) in [5.74, 6) is 0. The minimum atomic E-state index is 0.395. The largest absolute Gasteiger partial charge is 0.376 e. The van der Waals surface area contributed by atoms with Crippen molar-refractivity contribution in [1.29, 1.82) is 0 Å². The third kappa shape index (κ3) is 3.40. The Morgan fingerprint density at radius 1 is 1.65 bits per heavy atom. The zero-order chi connectivity index (χ0) is 12.1. The van der Waals surface area contributed by atoms with Crippen molar-refractivity contribution >= 4 is 16.5 Å². The minimum Gasteiger partial charge on any atom is -0.376 e. The molecular weight excluding hydrogens is 234 g/mol. The molecule has 4 nitrogen and oxygen atoms in total. The monoisotopic (exact) mass is 255 g/mol. The van der Waals surface area contributed by atoms with Crippen molar-refractivity contribution < 1.29 is 4.74 Å². The van der Waals surface area contributed by atoms with Crippen molar-refractivity contribution in [3.63, 3.8) is 0 Å². The van der Waals surface area contributed by atoms with Gasteiger partial charge in [-0.15, -0.1) is 11.3 Å². The number of likely N-dealkylation sites (N-methyl/N-ethyl adjacent to an activating group) is 1. The zero-order valence-electron chi connectivity index (χ0n) is 10.6. The van der Waals surface area contributed by atoms with E-state index in [1.807, 2.05) is 7.05 Å². The molecule has 1 aliphatic rings. The number of aromatic nitrogens is 1. The van der Waals surface area contributed by atoms with E-state index in [0.717, 1.165) is 37.1 Å². The summed E-state index contributed by atoms with van der Waals surface area (Å²) >= 11 is 1.72. The van der Waals surface area contributed by atoms with E-state index < -0.39 is 0 Å². The maximum absolute atomic E-state index is 5.68. The van der Waals surface area contributed by atoms with Gasteiger partial charge < -0.3 is 15.0 Å². The Kier molecular flexibility index (Phi) is 4.76. The fourth-order valence-electron chi connectivity index (χ4n) is 2.08. The number of anilines is 1. The van der Waals surface area contributed by atoms with Gasteiger partial charge in [-0.1, -0.05) is 0 Å². The molecule has 0 aliphatic carbocycles. The molecule has 96 valence electrons. The van der Waals surface area contributed by atoms with Crippen LogP contribution in [0, 0.1) is 0 Å². The van der Waals surface area contributed by atoms with Crippen LogP contribution in [-0.4, -0.2) is 37.8 Å². The van der Waals surface area contributed by atoms with Gasteiger partial charge in [0.05, 0.1) is 11.8 Å². The van der Waals surface area contributed by atoms with Crippen molar-refractivity contribution in [2.24, 2.45) is 0 Å². The summed E-state index contributed by atoms with van der Waals surface area (Å²) in [6.45, 7) is 5.91. The fraction of sp³-hybridized carbons (Fsp3) is 0.750. The topological polar surface area (TPSA) is 37.4 Å². The van der Waals surface area contributed by atoms with Crippen LogP contribution >= 0.6 is 11.3 Å². The van der Waals surface area contributed by atoms with E-state index in [1.165, 1.54) is 12.8 Å². The van der Waals surface area contributed by atoms with Crippen molar-refractivity contribution in [2.75, 3.05) is 31.6 Å². The van der Waals surface area contributed by atoms with Crippen molar-refractivity contribution in [3.05, 3.63) is 11.1 Å². The Labute approximate surface area is 107 Å². The average Bonchev–Trinajstić information content (AvgIpc) is 2.97. The maximum Gasteiger partial charge on any atom is 0.185 e. The van der Waals surface area contributed by atoms with E-state index in [9.17, 15) is 0 Å². The van der Waals surface area contributed by atoms with Crippen LogP contribution in [0.1, 0.15) is 25.5 Å². The van der Waals surface area contributed by atoms with Gasteiger partial charge in [0.25, 0.3) is 0 Å². The predicted molar refractivity (Wildman–Crippen MR) is 71.7 cm³/mol. The number of hydrogen-bond donors (Lipinski definition) is 1. The van der Waals surface area contributed by atoms with Gasteiger partial charge in [-0.25, -0.2) is 4.98 Å². The molecule has 1 fully saturated rings. The molecule has 0 amide bonds. The van der Waals surface area contributed by atoms with Gasteiger partial charge in [0.2, 0.25) is 0 Å². The van der Waals surface area contributed by atoms with E-state index in [0.29, 0.717) is 6.10 Å². The molecule has 1 saturated heterocycles. The molecule has 0 bridgehead atoms. The second-order valence-electron chi connectivity index (χ2n) is 4.33. The predicted octanol–water partition coefficient (Wildman–Crippen LogP) is 1.87. The summed E-state index contributed by atoms with van der Waals surface area (Å²) in [6, 6.07) is 0. The Morgan fingerprint density at radius 3 is 3.18 bits per heavy atom. The number of nitrogens with one attached hydrogen (secondary N) is 1. The molecule has 0 aromatic carbocycles. The van der Waals surface area contributed by atoms with Gasteiger partial charge in [-0.3, -0.25) is 0 Å². The second kappa shape index (κ2) is 6.33. The van der Waals surface area contributed by atoms with E-state index in [4.69, 9.17) is 4.74 Å². The van der Waals surface area contributed by atoms with Crippen molar-refractivity contribution in [2.45, 2.75) is 32.4 Å². The molecule has 0 radical (unpaired) electrons. The zero-order valence-corrected chi connectivity index (χ0v) is 11.4.